The van der Waals surface area contributed by atoms with Crippen LogP contribution in [0.1, 0.15) is 36.4 Å². The third kappa shape index (κ3) is 2.47. The molecule has 1 saturated carbocycles. The summed E-state index contributed by atoms with van der Waals surface area (Å²) in [6.07, 6.45) is -1.94. The minimum atomic E-state index is -4.55. The van der Waals surface area contributed by atoms with E-state index in [2.05, 4.69) is 0 Å². The van der Waals surface area contributed by atoms with Crippen LogP contribution < -0.4 is 5.73 Å². The Labute approximate surface area is 107 Å². The van der Waals surface area contributed by atoms with Crippen molar-refractivity contribution in [2.24, 2.45) is 11.7 Å². The maximum Gasteiger partial charge on any atom is 0.416 e. The molecule has 0 aromatic heterocycles. The van der Waals surface area contributed by atoms with E-state index in [1.807, 2.05) is 0 Å². The summed E-state index contributed by atoms with van der Waals surface area (Å²) in [7, 11) is 0. The largest absolute Gasteiger partial charge is 0.416 e. The summed E-state index contributed by atoms with van der Waals surface area (Å²) in [6.45, 7) is 0. The first-order chi connectivity index (χ1) is 8.30. The Kier molecular flexibility index (Phi) is 3.56. The predicted molar refractivity (Wildman–Crippen MR) is 60.7 cm³/mol. The standard InChI is InChI=1S/C12H12ClF4N/c13-9-5-7(12(15,16)17)4-8(10(9)14)11(18)6-2-1-3-6/h4-6,11H,1-3,18H2/t11-/m0/s1. The molecule has 0 heterocycles. The van der Waals surface area contributed by atoms with E-state index in [-0.39, 0.29) is 11.5 Å². The number of hydrogen-bond acceptors (Lipinski definition) is 1. The summed E-state index contributed by atoms with van der Waals surface area (Å²) in [5.74, 6) is -0.803. The monoisotopic (exact) mass is 281 g/mol. The van der Waals surface area contributed by atoms with Crippen molar-refractivity contribution < 1.29 is 17.6 Å². The van der Waals surface area contributed by atoms with Gasteiger partial charge in [0.05, 0.1) is 10.6 Å². The Morgan fingerprint density at radius 3 is 2.33 bits per heavy atom. The SMILES string of the molecule is N[C@H](c1cc(C(F)(F)F)cc(Cl)c1F)C1CCC1. The second-order valence-electron chi connectivity index (χ2n) is 4.58. The van der Waals surface area contributed by atoms with Gasteiger partial charge >= 0.3 is 6.18 Å². The average Bonchev–Trinajstić information content (AvgIpc) is 2.17. The van der Waals surface area contributed by atoms with Crippen LogP contribution in [0.15, 0.2) is 12.1 Å². The molecular weight excluding hydrogens is 270 g/mol. The molecule has 1 aromatic carbocycles. The third-order valence-electron chi connectivity index (χ3n) is 3.40. The molecule has 6 heteroatoms. The normalized spacial score (nSPS) is 18.6. The molecule has 18 heavy (non-hydrogen) atoms. The third-order valence-corrected chi connectivity index (χ3v) is 3.68. The first kappa shape index (κ1) is 13.6. The Bertz CT molecular complexity index is 454. The zero-order valence-corrected chi connectivity index (χ0v) is 10.2. The topological polar surface area (TPSA) is 26.0 Å². The van der Waals surface area contributed by atoms with Gasteiger partial charge in [-0.2, -0.15) is 13.2 Å². The molecule has 2 rings (SSSR count). The maximum absolute atomic E-state index is 13.8. The van der Waals surface area contributed by atoms with Crippen molar-refractivity contribution in [1.82, 2.24) is 0 Å². The van der Waals surface area contributed by atoms with Crippen molar-refractivity contribution in [2.45, 2.75) is 31.5 Å². The van der Waals surface area contributed by atoms with Crippen LogP contribution >= 0.6 is 11.6 Å². The van der Waals surface area contributed by atoms with Crippen molar-refractivity contribution >= 4 is 11.6 Å². The quantitative estimate of drug-likeness (QED) is 0.804. The van der Waals surface area contributed by atoms with Gasteiger partial charge in [-0.25, -0.2) is 4.39 Å². The smallest absolute Gasteiger partial charge is 0.324 e. The highest BCUT2D eigenvalue weighted by Gasteiger charge is 2.34. The van der Waals surface area contributed by atoms with E-state index in [4.69, 9.17) is 17.3 Å². The predicted octanol–water partition coefficient (Wildman–Crippen LogP) is 4.30. The number of benzene rings is 1. The van der Waals surface area contributed by atoms with E-state index in [0.717, 1.165) is 25.3 Å². The van der Waals surface area contributed by atoms with Crippen LogP contribution in [0.4, 0.5) is 17.6 Å². The molecule has 1 aliphatic rings. The molecule has 1 nitrogen and oxygen atoms in total. The maximum atomic E-state index is 13.8. The first-order valence-corrected chi connectivity index (χ1v) is 6.00. The molecule has 1 aliphatic carbocycles. The summed E-state index contributed by atoms with van der Waals surface area (Å²) in [5, 5.41) is -0.533. The Balaban J connectivity index is 2.42. The van der Waals surface area contributed by atoms with Crippen molar-refractivity contribution in [2.75, 3.05) is 0 Å². The number of rotatable bonds is 2. The molecule has 100 valence electrons. The fourth-order valence-corrected chi connectivity index (χ4v) is 2.30. The molecule has 0 saturated heterocycles. The summed E-state index contributed by atoms with van der Waals surface area (Å²) in [5.41, 5.74) is 4.72. The lowest BCUT2D eigenvalue weighted by molar-refractivity contribution is -0.137. The van der Waals surface area contributed by atoms with Crippen LogP contribution in [0.2, 0.25) is 5.02 Å². The number of hydrogen-bond donors (Lipinski definition) is 1. The second-order valence-corrected chi connectivity index (χ2v) is 4.98. The molecule has 0 bridgehead atoms. The highest BCUT2D eigenvalue weighted by molar-refractivity contribution is 6.30. The van der Waals surface area contributed by atoms with Crippen LogP contribution in [-0.4, -0.2) is 0 Å². The van der Waals surface area contributed by atoms with Gasteiger partial charge in [-0.05, 0) is 30.9 Å². The molecular formula is C12H12ClF4N. The lowest BCUT2D eigenvalue weighted by Gasteiger charge is -2.32. The molecule has 0 radical (unpaired) electrons. The van der Waals surface area contributed by atoms with Crippen molar-refractivity contribution in [1.29, 1.82) is 0 Å². The van der Waals surface area contributed by atoms with Crippen molar-refractivity contribution in [3.05, 3.63) is 34.1 Å². The van der Waals surface area contributed by atoms with E-state index < -0.39 is 28.6 Å². The lowest BCUT2D eigenvalue weighted by Crippen LogP contribution is -2.28. The lowest BCUT2D eigenvalue weighted by atomic mass is 9.77. The summed E-state index contributed by atoms with van der Waals surface area (Å²) in [6, 6.07) is 0.636. The molecule has 0 aliphatic heterocycles. The fourth-order valence-electron chi connectivity index (χ4n) is 2.07. The van der Waals surface area contributed by atoms with E-state index in [9.17, 15) is 17.6 Å². The molecule has 0 spiro atoms. The second kappa shape index (κ2) is 4.70. The van der Waals surface area contributed by atoms with Gasteiger partial charge in [0.15, 0.2) is 0 Å². The Morgan fingerprint density at radius 1 is 1.28 bits per heavy atom. The molecule has 0 unspecified atom stereocenters. The molecule has 0 amide bonds. The molecule has 1 fully saturated rings. The van der Waals surface area contributed by atoms with Gasteiger partial charge in [-0.3, -0.25) is 0 Å². The molecule has 1 atom stereocenters. The average molecular weight is 282 g/mol. The van der Waals surface area contributed by atoms with Crippen molar-refractivity contribution in [3.63, 3.8) is 0 Å². The number of nitrogens with two attached hydrogens (primary N) is 1. The van der Waals surface area contributed by atoms with E-state index in [1.165, 1.54) is 0 Å². The van der Waals surface area contributed by atoms with E-state index in [1.54, 1.807) is 0 Å². The van der Waals surface area contributed by atoms with Gasteiger partial charge < -0.3 is 5.73 Å². The van der Waals surface area contributed by atoms with Gasteiger partial charge in [0.25, 0.3) is 0 Å². The summed E-state index contributed by atoms with van der Waals surface area (Å²) < 4.78 is 51.6. The summed E-state index contributed by atoms with van der Waals surface area (Å²) in [4.78, 5) is 0. The fraction of sp³-hybridized carbons (Fsp3) is 0.500. The van der Waals surface area contributed by atoms with Crippen LogP contribution in [-0.2, 0) is 6.18 Å². The van der Waals surface area contributed by atoms with Gasteiger partial charge in [0.2, 0.25) is 0 Å². The van der Waals surface area contributed by atoms with Gasteiger partial charge in [0.1, 0.15) is 5.82 Å². The highest BCUT2D eigenvalue weighted by atomic mass is 35.5. The van der Waals surface area contributed by atoms with Gasteiger partial charge in [0, 0.05) is 11.6 Å². The Hall–Kier alpha value is -0.810. The zero-order valence-electron chi connectivity index (χ0n) is 9.40. The number of alkyl halides is 3. The Morgan fingerprint density at radius 2 is 1.89 bits per heavy atom. The minimum absolute atomic E-state index is 0.0408. The van der Waals surface area contributed by atoms with E-state index >= 15 is 0 Å². The van der Waals surface area contributed by atoms with Crippen LogP contribution in [0.5, 0.6) is 0 Å². The van der Waals surface area contributed by atoms with Gasteiger partial charge in [-0.15, -0.1) is 0 Å². The molecule has 2 N–H and O–H groups in total. The molecule has 1 aromatic rings. The number of halogens is 5. The minimum Gasteiger partial charge on any atom is -0.324 e. The van der Waals surface area contributed by atoms with Gasteiger partial charge in [-0.1, -0.05) is 18.0 Å². The van der Waals surface area contributed by atoms with E-state index in [0.29, 0.717) is 6.07 Å². The first-order valence-electron chi connectivity index (χ1n) is 5.62. The van der Waals surface area contributed by atoms with Crippen LogP contribution in [0.3, 0.4) is 0 Å². The highest BCUT2D eigenvalue weighted by Crippen LogP contribution is 2.40. The zero-order chi connectivity index (χ0) is 13.5. The van der Waals surface area contributed by atoms with Crippen LogP contribution in [0.25, 0.3) is 0 Å². The summed E-state index contributed by atoms with van der Waals surface area (Å²) >= 11 is 5.50. The van der Waals surface area contributed by atoms with Crippen LogP contribution in [0, 0.1) is 11.7 Å². The van der Waals surface area contributed by atoms with Crippen molar-refractivity contribution in [3.8, 4) is 0 Å².